The van der Waals surface area contributed by atoms with Gasteiger partial charge < -0.3 is 15.3 Å². The van der Waals surface area contributed by atoms with Crippen LogP contribution >= 0.6 is 0 Å². The summed E-state index contributed by atoms with van der Waals surface area (Å²) in [5, 5.41) is 12.3. The van der Waals surface area contributed by atoms with Gasteiger partial charge >= 0.3 is 0 Å². The number of aliphatic hydroxyl groups excluding tert-OH is 1. The molecular weight excluding hydrogens is 192 g/mol. The summed E-state index contributed by atoms with van der Waals surface area (Å²) >= 11 is 0. The van der Waals surface area contributed by atoms with E-state index < -0.39 is 0 Å². The fourth-order valence-corrected chi connectivity index (χ4v) is 1.74. The van der Waals surface area contributed by atoms with Gasteiger partial charge in [0.1, 0.15) is 5.82 Å². The second-order valence-electron chi connectivity index (χ2n) is 3.71. The first-order chi connectivity index (χ1) is 7.29. The Morgan fingerprint density at radius 2 is 2.20 bits per heavy atom. The van der Waals surface area contributed by atoms with E-state index in [4.69, 9.17) is 0 Å². The molecule has 0 amide bonds. The van der Waals surface area contributed by atoms with Crippen LogP contribution in [-0.2, 0) is 0 Å². The van der Waals surface area contributed by atoms with Crippen LogP contribution in [-0.4, -0.2) is 41.3 Å². The van der Waals surface area contributed by atoms with Gasteiger partial charge in [0.2, 0.25) is 5.95 Å². The smallest absolute Gasteiger partial charge is 0.224 e. The second kappa shape index (κ2) is 4.44. The van der Waals surface area contributed by atoms with Crippen LogP contribution < -0.4 is 10.2 Å². The van der Waals surface area contributed by atoms with Crippen LogP contribution in [0, 0.1) is 0 Å². The van der Waals surface area contributed by atoms with E-state index in [1.54, 1.807) is 13.2 Å². The van der Waals surface area contributed by atoms with Crippen LogP contribution in [0.5, 0.6) is 0 Å². The molecule has 82 valence electrons. The molecule has 2 heterocycles. The Labute approximate surface area is 89.2 Å². The molecule has 5 nitrogen and oxygen atoms in total. The van der Waals surface area contributed by atoms with Crippen molar-refractivity contribution in [3.63, 3.8) is 0 Å². The first kappa shape index (κ1) is 10.2. The minimum atomic E-state index is -0.146. The van der Waals surface area contributed by atoms with E-state index in [0.29, 0.717) is 5.95 Å². The Balaban J connectivity index is 2.08. The fourth-order valence-electron chi connectivity index (χ4n) is 1.74. The lowest BCUT2D eigenvalue weighted by atomic mass is 10.1. The van der Waals surface area contributed by atoms with E-state index in [9.17, 15) is 5.11 Å². The molecule has 2 N–H and O–H groups in total. The molecule has 0 bridgehead atoms. The summed E-state index contributed by atoms with van der Waals surface area (Å²) in [5.74, 6) is 1.57. The average Bonchev–Trinajstić information content (AvgIpc) is 2.30. The van der Waals surface area contributed by atoms with Crippen molar-refractivity contribution in [1.29, 1.82) is 0 Å². The molecule has 0 spiro atoms. The van der Waals surface area contributed by atoms with Crippen molar-refractivity contribution in [2.45, 2.75) is 18.9 Å². The van der Waals surface area contributed by atoms with Gasteiger partial charge in [-0.05, 0) is 18.9 Å². The lowest BCUT2D eigenvalue weighted by Crippen LogP contribution is -2.36. The molecule has 0 radical (unpaired) electrons. The van der Waals surface area contributed by atoms with Crippen molar-refractivity contribution < 1.29 is 5.11 Å². The minimum Gasteiger partial charge on any atom is -0.393 e. The molecular formula is C10H16N4O. The number of rotatable bonds is 2. The normalized spacial score (nSPS) is 17.9. The molecule has 0 atom stereocenters. The third-order valence-corrected chi connectivity index (χ3v) is 2.65. The molecule has 0 aliphatic carbocycles. The van der Waals surface area contributed by atoms with Gasteiger partial charge in [-0.15, -0.1) is 0 Å². The minimum absolute atomic E-state index is 0.146. The largest absolute Gasteiger partial charge is 0.393 e. The lowest BCUT2D eigenvalue weighted by Gasteiger charge is -2.30. The molecule has 1 aromatic heterocycles. The highest BCUT2D eigenvalue weighted by atomic mass is 16.3. The highest BCUT2D eigenvalue weighted by molar-refractivity contribution is 5.42. The molecule has 1 aliphatic heterocycles. The number of anilines is 2. The molecule has 1 aliphatic rings. The number of piperidine rings is 1. The van der Waals surface area contributed by atoms with E-state index >= 15 is 0 Å². The summed E-state index contributed by atoms with van der Waals surface area (Å²) in [7, 11) is 1.80. The first-order valence-electron chi connectivity index (χ1n) is 5.23. The first-order valence-corrected chi connectivity index (χ1v) is 5.23. The van der Waals surface area contributed by atoms with Crippen molar-refractivity contribution >= 4 is 11.8 Å². The van der Waals surface area contributed by atoms with Gasteiger partial charge in [0.05, 0.1) is 6.10 Å². The van der Waals surface area contributed by atoms with Crippen LogP contribution in [0.4, 0.5) is 11.8 Å². The van der Waals surface area contributed by atoms with Gasteiger partial charge in [-0.3, -0.25) is 0 Å². The monoisotopic (exact) mass is 208 g/mol. The number of aromatic nitrogens is 2. The zero-order valence-corrected chi connectivity index (χ0v) is 8.85. The summed E-state index contributed by atoms with van der Waals surface area (Å²) in [6.45, 7) is 1.72. The number of hydrogen-bond donors (Lipinski definition) is 2. The Kier molecular flexibility index (Phi) is 3.01. The highest BCUT2D eigenvalue weighted by Crippen LogP contribution is 2.18. The van der Waals surface area contributed by atoms with Crippen LogP contribution in [0.1, 0.15) is 12.8 Å². The SMILES string of the molecule is CNc1nccc(N2CCC(O)CC2)n1. The van der Waals surface area contributed by atoms with Gasteiger partial charge in [0, 0.05) is 26.3 Å². The zero-order chi connectivity index (χ0) is 10.7. The van der Waals surface area contributed by atoms with E-state index in [0.717, 1.165) is 31.7 Å². The third kappa shape index (κ3) is 2.36. The number of aliphatic hydroxyl groups is 1. The molecule has 0 aromatic carbocycles. The van der Waals surface area contributed by atoms with E-state index in [1.807, 2.05) is 6.07 Å². The highest BCUT2D eigenvalue weighted by Gasteiger charge is 2.18. The van der Waals surface area contributed by atoms with Gasteiger partial charge in [-0.2, -0.15) is 4.98 Å². The predicted molar refractivity (Wildman–Crippen MR) is 59.0 cm³/mol. The van der Waals surface area contributed by atoms with E-state index in [1.165, 1.54) is 0 Å². The number of nitrogens with zero attached hydrogens (tertiary/aromatic N) is 3. The second-order valence-corrected chi connectivity index (χ2v) is 3.71. The van der Waals surface area contributed by atoms with Crippen molar-refractivity contribution in [3.05, 3.63) is 12.3 Å². The zero-order valence-electron chi connectivity index (χ0n) is 8.85. The molecule has 1 aromatic rings. The quantitative estimate of drug-likeness (QED) is 0.740. The summed E-state index contributed by atoms with van der Waals surface area (Å²) in [4.78, 5) is 10.6. The van der Waals surface area contributed by atoms with Crippen LogP contribution in [0.2, 0.25) is 0 Å². The Morgan fingerprint density at radius 1 is 1.47 bits per heavy atom. The molecule has 5 heteroatoms. The summed E-state index contributed by atoms with van der Waals surface area (Å²) in [5.41, 5.74) is 0. The maximum atomic E-state index is 9.40. The van der Waals surface area contributed by atoms with Crippen LogP contribution in [0.15, 0.2) is 12.3 Å². The van der Waals surface area contributed by atoms with Crippen LogP contribution in [0.3, 0.4) is 0 Å². The lowest BCUT2D eigenvalue weighted by molar-refractivity contribution is 0.145. The van der Waals surface area contributed by atoms with E-state index in [-0.39, 0.29) is 6.10 Å². The molecule has 2 rings (SSSR count). The van der Waals surface area contributed by atoms with Gasteiger partial charge in [-0.25, -0.2) is 4.98 Å². The van der Waals surface area contributed by atoms with Crippen molar-refractivity contribution in [3.8, 4) is 0 Å². The Hall–Kier alpha value is -1.36. The summed E-state index contributed by atoms with van der Waals surface area (Å²) in [6.07, 6.45) is 3.24. The number of nitrogens with one attached hydrogen (secondary N) is 1. The molecule has 1 saturated heterocycles. The third-order valence-electron chi connectivity index (χ3n) is 2.65. The maximum Gasteiger partial charge on any atom is 0.224 e. The van der Waals surface area contributed by atoms with Crippen molar-refractivity contribution in [1.82, 2.24) is 9.97 Å². The van der Waals surface area contributed by atoms with Crippen molar-refractivity contribution in [2.24, 2.45) is 0 Å². The van der Waals surface area contributed by atoms with Crippen LogP contribution in [0.25, 0.3) is 0 Å². The Bertz CT molecular complexity index is 323. The standard InChI is InChI=1S/C10H16N4O/c1-11-10-12-5-2-9(13-10)14-6-3-8(15)4-7-14/h2,5,8,15H,3-4,6-7H2,1H3,(H,11,12,13). The van der Waals surface area contributed by atoms with Gasteiger partial charge in [0.25, 0.3) is 0 Å². The summed E-state index contributed by atoms with van der Waals surface area (Å²) in [6, 6.07) is 1.90. The van der Waals surface area contributed by atoms with Gasteiger partial charge in [0.15, 0.2) is 0 Å². The maximum absolute atomic E-state index is 9.40. The summed E-state index contributed by atoms with van der Waals surface area (Å²) < 4.78 is 0. The average molecular weight is 208 g/mol. The number of hydrogen-bond acceptors (Lipinski definition) is 5. The van der Waals surface area contributed by atoms with Gasteiger partial charge in [-0.1, -0.05) is 0 Å². The predicted octanol–water partition coefficient (Wildman–Crippen LogP) is 0.479. The molecule has 0 saturated carbocycles. The molecule has 1 fully saturated rings. The fraction of sp³-hybridized carbons (Fsp3) is 0.600. The Morgan fingerprint density at radius 3 is 2.87 bits per heavy atom. The molecule has 0 unspecified atom stereocenters. The topological polar surface area (TPSA) is 61.3 Å². The van der Waals surface area contributed by atoms with E-state index in [2.05, 4.69) is 20.2 Å². The van der Waals surface area contributed by atoms with Crippen molar-refractivity contribution in [2.75, 3.05) is 30.4 Å². The molecule has 15 heavy (non-hydrogen) atoms.